The van der Waals surface area contributed by atoms with Gasteiger partial charge in [0, 0.05) is 24.6 Å². The molecule has 0 amide bonds. The van der Waals surface area contributed by atoms with Gasteiger partial charge in [0.2, 0.25) is 0 Å². The predicted octanol–water partition coefficient (Wildman–Crippen LogP) is 3.91. The number of nitrogens with one attached hydrogen (secondary N) is 1. The fourth-order valence-corrected chi connectivity index (χ4v) is 4.94. The normalized spacial score (nSPS) is 23.8. The highest BCUT2D eigenvalue weighted by atomic mass is 19.1. The highest BCUT2D eigenvalue weighted by Gasteiger charge is 2.36. The lowest BCUT2D eigenvalue weighted by atomic mass is 9.83. The number of benzene rings is 2. The summed E-state index contributed by atoms with van der Waals surface area (Å²) in [5, 5.41) is 23.6. The third-order valence-corrected chi connectivity index (χ3v) is 6.78. The highest BCUT2D eigenvalue weighted by molar-refractivity contribution is 5.51. The highest BCUT2D eigenvalue weighted by Crippen LogP contribution is 2.42. The number of nitrogens with zero attached hydrogens (tertiary/aromatic N) is 1. The number of fused-ring (bicyclic) bond motifs is 1. The van der Waals surface area contributed by atoms with Crippen LogP contribution in [0.5, 0.6) is 11.5 Å². The Hall–Kier alpha value is -2.15. The molecule has 3 N–H and O–H groups in total. The first-order valence-electron chi connectivity index (χ1n) is 10.8. The first kappa shape index (κ1) is 21.1. The number of phenols is 2. The van der Waals surface area contributed by atoms with Crippen LogP contribution >= 0.6 is 0 Å². The minimum absolute atomic E-state index is 0.00993. The van der Waals surface area contributed by atoms with Crippen LogP contribution in [0.1, 0.15) is 48.6 Å². The second-order valence-corrected chi connectivity index (χ2v) is 8.53. The van der Waals surface area contributed by atoms with E-state index in [1.807, 2.05) is 25.2 Å². The third-order valence-electron chi connectivity index (χ3n) is 6.78. The van der Waals surface area contributed by atoms with E-state index in [0.717, 1.165) is 42.6 Å². The van der Waals surface area contributed by atoms with Crippen molar-refractivity contribution in [2.45, 2.75) is 44.4 Å². The molecule has 0 aliphatic carbocycles. The van der Waals surface area contributed by atoms with Crippen molar-refractivity contribution >= 4 is 0 Å². The summed E-state index contributed by atoms with van der Waals surface area (Å²) in [7, 11) is 1.89. The monoisotopic (exact) mass is 414 g/mol. The van der Waals surface area contributed by atoms with Crippen LogP contribution in [0.15, 0.2) is 36.4 Å². The number of aromatic hydroxyl groups is 2. The molecule has 1 fully saturated rings. The molecule has 2 aromatic rings. The average Bonchev–Trinajstić information content (AvgIpc) is 2.77. The van der Waals surface area contributed by atoms with Gasteiger partial charge in [0.15, 0.2) is 11.5 Å². The SMILES string of the molecule is CNCC1OC(C2CCN(C(C)c3ccc(F)cc3)CC2)Cc2c1ccc(O)c2O. The van der Waals surface area contributed by atoms with Crippen molar-refractivity contribution in [3.63, 3.8) is 0 Å². The number of piperidine rings is 1. The first-order valence-corrected chi connectivity index (χ1v) is 10.8. The molecule has 0 bridgehead atoms. The number of ether oxygens (including phenoxy) is 1. The van der Waals surface area contributed by atoms with Gasteiger partial charge in [-0.1, -0.05) is 18.2 Å². The van der Waals surface area contributed by atoms with Gasteiger partial charge >= 0.3 is 0 Å². The van der Waals surface area contributed by atoms with E-state index in [-0.39, 0.29) is 35.6 Å². The molecule has 2 aliphatic rings. The third kappa shape index (κ3) is 4.17. The maximum absolute atomic E-state index is 13.2. The van der Waals surface area contributed by atoms with Crippen molar-refractivity contribution in [2.75, 3.05) is 26.7 Å². The summed E-state index contributed by atoms with van der Waals surface area (Å²) in [5.41, 5.74) is 2.90. The van der Waals surface area contributed by atoms with E-state index in [0.29, 0.717) is 18.9 Å². The maximum Gasteiger partial charge on any atom is 0.161 e. The van der Waals surface area contributed by atoms with Crippen LogP contribution < -0.4 is 5.32 Å². The molecule has 0 saturated carbocycles. The van der Waals surface area contributed by atoms with Crippen molar-refractivity contribution in [1.29, 1.82) is 0 Å². The molecule has 2 aromatic carbocycles. The van der Waals surface area contributed by atoms with Gasteiger partial charge in [-0.25, -0.2) is 4.39 Å². The molecule has 1 saturated heterocycles. The summed E-state index contributed by atoms with van der Waals surface area (Å²) in [6.07, 6.45) is 2.53. The second kappa shape index (κ2) is 8.92. The molecule has 3 atom stereocenters. The molecule has 5 nitrogen and oxygen atoms in total. The molecule has 4 rings (SSSR count). The quantitative estimate of drug-likeness (QED) is 0.648. The minimum atomic E-state index is -0.204. The van der Waals surface area contributed by atoms with Gasteiger partial charge < -0.3 is 20.3 Å². The van der Waals surface area contributed by atoms with E-state index >= 15 is 0 Å². The maximum atomic E-state index is 13.2. The standard InChI is InChI=1S/C24H31FN2O3/c1-15(16-3-5-18(25)6-4-16)27-11-9-17(10-12-27)22-13-20-19(23(30-22)14-26-2)7-8-21(28)24(20)29/h3-8,15,17,22-23,26,28-29H,9-14H2,1-2H3. The smallest absolute Gasteiger partial charge is 0.161 e. The Labute approximate surface area is 177 Å². The topological polar surface area (TPSA) is 65.0 Å². The van der Waals surface area contributed by atoms with E-state index in [4.69, 9.17) is 4.74 Å². The fourth-order valence-electron chi connectivity index (χ4n) is 4.94. The zero-order chi connectivity index (χ0) is 21.3. The zero-order valence-electron chi connectivity index (χ0n) is 17.6. The molecular formula is C24H31FN2O3. The van der Waals surface area contributed by atoms with Gasteiger partial charge in [0.1, 0.15) is 5.82 Å². The average molecular weight is 415 g/mol. The van der Waals surface area contributed by atoms with Gasteiger partial charge in [0.25, 0.3) is 0 Å². The second-order valence-electron chi connectivity index (χ2n) is 8.53. The van der Waals surface area contributed by atoms with Gasteiger partial charge in [-0.3, -0.25) is 4.90 Å². The summed E-state index contributed by atoms with van der Waals surface area (Å²) in [4.78, 5) is 2.44. The molecule has 0 aromatic heterocycles. The minimum Gasteiger partial charge on any atom is -0.504 e. The summed E-state index contributed by atoms with van der Waals surface area (Å²) in [6.45, 7) is 4.75. The van der Waals surface area contributed by atoms with E-state index in [1.54, 1.807) is 0 Å². The van der Waals surface area contributed by atoms with Crippen LogP contribution in [-0.4, -0.2) is 47.9 Å². The molecule has 3 unspecified atom stereocenters. The van der Waals surface area contributed by atoms with E-state index < -0.39 is 0 Å². The summed E-state index contributed by atoms with van der Waals surface area (Å²) in [5.74, 6) is 0.116. The number of rotatable bonds is 5. The van der Waals surface area contributed by atoms with Crippen molar-refractivity contribution in [3.05, 3.63) is 58.9 Å². The van der Waals surface area contributed by atoms with Crippen LogP contribution in [0, 0.1) is 11.7 Å². The van der Waals surface area contributed by atoms with Gasteiger partial charge in [-0.05, 0) is 75.1 Å². The van der Waals surface area contributed by atoms with Crippen LogP contribution in [0.2, 0.25) is 0 Å². The molecule has 30 heavy (non-hydrogen) atoms. The summed E-state index contributed by atoms with van der Waals surface area (Å²) < 4.78 is 19.7. The van der Waals surface area contributed by atoms with Crippen molar-refractivity contribution in [2.24, 2.45) is 5.92 Å². The number of hydrogen-bond acceptors (Lipinski definition) is 5. The fraction of sp³-hybridized carbons (Fsp3) is 0.500. The van der Waals surface area contributed by atoms with Gasteiger partial charge in [0.05, 0.1) is 12.2 Å². The lowest BCUT2D eigenvalue weighted by Crippen LogP contribution is -2.43. The van der Waals surface area contributed by atoms with Crippen LogP contribution in [0.25, 0.3) is 0 Å². The Bertz CT molecular complexity index is 865. The lowest BCUT2D eigenvalue weighted by Gasteiger charge is -2.42. The van der Waals surface area contributed by atoms with Gasteiger partial charge in [-0.15, -0.1) is 0 Å². The summed E-state index contributed by atoms with van der Waals surface area (Å²) >= 11 is 0. The molecule has 0 spiro atoms. The Kier molecular flexibility index (Phi) is 6.27. The van der Waals surface area contributed by atoms with Gasteiger partial charge in [-0.2, -0.15) is 0 Å². The number of hydrogen-bond donors (Lipinski definition) is 3. The first-order chi connectivity index (χ1) is 14.5. The van der Waals surface area contributed by atoms with E-state index in [9.17, 15) is 14.6 Å². The number of likely N-dealkylation sites (N-methyl/N-ethyl adjacent to an activating group) is 1. The summed E-state index contributed by atoms with van der Waals surface area (Å²) in [6, 6.07) is 10.4. The van der Waals surface area contributed by atoms with Crippen molar-refractivity contribution in [1.82, 2.24) is 10.2 Å². The van der Waals surface area contributed by atoms with Crippen molar-refractivity contribution in [3.8, 4) is 11.5 Å². The van der Waals surface area contributed by atoms with Crippen LogP contribution in [0.4, 0.5) is 4.39 Å². The molecule has 0 radical (unpaired) electrons. The number of likely N-dealkylation sites (tertiary alicyclic amines) is 1. The van der Waals surface area contributed by atoms with Crippen LogP contribution in [0.3, 0.4) is 0 Å². The molecule has 2 aliphatic heterocycles. The molecule has 2 heterocycles. The van der Waals surface area contributed by atoms with Crippen LogP contribution in [-0.2, 0) is 11.2 Å². The Morgan fingerprint density at radius 2 is 1.83 bits per heavy atom. The van der Waals surface area contributed by atoms with Crippen molar-refractivity contribution < 1.29 is 19.3 Å². The molecule has 6 heteroatoms. The molecule has 162 valence electrons. The number of phenolic OH excluding ortho intramolecular Hbond substituents is 2. The van der Waals surface area contributed by atoms with E-state index in [1.165, 1.54) is 18.2 Å². The Morgan fingerprint density at radius 1 is 1.13 bits per heavy atom. The Balaban J connectivity index is 1.44. The Morgan fingerprint density at radius 3 is 2.50 bits per heavy atom. The largest absolute Gasteiger partial charge is 0.504 e. The zero-order valence-corrected chi connectivity index (χ0v) is 17.6. The lowest BCUT2D eigenvalue weighted by molar-refractivity contribution is -0.0690. The van der Waals surface area contributed by atoms with E-state index in [2.05, 4.69) is 17.1 Å². The molecular weight excluding hydrogens is 383 g/mol. The predicted molar refractivity (Wildman–Crippen MR) is 114 cm³/mol. The number of halogens is 1.